The highest BCUT2D eigenvalue weighted by molar-refractivity contribution is 6.69. The van der Waals surface area contributed by atoms with Crippen molar-refractivity contribution in [1.82, 2.24) is 0 Å². The monoisotopic (exact) mass is 986 g/mol. The van der Waals surface area contributed by atoms with Crippen molar-refractivity contribution in [2.24, 2.45) is 0 Å². The van der Waals surface area contributed by atoms with Gasteiger partial charge in [0.1, 0.15) is 0 Å². The zero-order chi connectivity index (χ0) is 37.6. The Bertz CT molecular complexity index is 1540. The molecule has 50 heavy (non-hydrogen) atoms. The molecule has 0 nitrogen and oxygen atoms in total. The Labute approximate surface area is 370 Å². The lowest BCUT2D eigenvalue weighted by Crippen LogP contribution is -2.18. The van der Waals surface area contributed by atoms with E-state index in [0.29, 0.717) is 20.1 Å². The lowest BCUT2D eigenvalue weighted by molar-refractivity contribution is 0.839. The Morgan fingerprint density at radius 1 is 0.260 bits per heavy atom. The van der Waals surface area contributed by atoms with Crippen molar-refractivity contribution >= 4 is 186 Å². The van der Waals surface area contributed by atoms with Crippen LogP contribution in [-0.2, 0) is 0 Å². The molecular weight excluding hydrogens is 976 g/mol. The van der Waals surface area contributed by atoms with Gasteiger partial charge in [0.15, 0.2) is 0 Å². The largest absolute Gasteiger partial charge is 0.201 e. The fraction of sp³-hybridized carbons (Fsp3) is 0.118. The van der Waals surface area contributed by atoms with E-state index >= 15 is 0 Å². The Kier molecular flexibility index (Phi) is 18.1. The summed E-state index contributed by atoms with van der Waals surface area (Å²) in [6.07, 6.45) is 0. The van der Waals surface area contributed by atoms with Gasteiger partial charge >= 0.3 is 0 Å². The van der Waals surface area contributed by atoms with E-state index < -0.39 is 7.59 Å². The standard InChI is InChI=1S/2C14H9Cl5.C6Cl6/c2*15-11-5-1-9(2-6-11)13(14(17,18)19)10-3-7-12(16)8-4-10;7-1-2(8)4(10)6(12)5(11)3(1)9/h2*1-8,13H;. The van der Waals surface area contributed by atoms with Crippen molar-refractivity contribution in [3.05, 3.63) is 170 Å². The minimum Gasteiger partial charge on any atom is -0.0843 e. The molecule has 0 bridgehead atoms. The average Bonchev–Trinajstić information content (AvgIpc) is 3.05. The molecule has 0 radical (unpaired) electrons. The minimum absolute atomic E-state index is 0.109. The molecule has 0 heterocycles. The van der Waals surface area contributed by atoms with Crippen LogP contribution in [0, 0.1) is 0 Å². The van der Waals surface area contributed by atoms with E-state index in [1.54, 1.807) is 48.5 Å². The first-order chi connectivity index (χ1) is 23.2. The minimum atomic E-state index is -1.46. The van der Waals surface area contributed by atoms with Gasteiger partial charge in [0.25, 0.3) is 0 Å². The number of rotatable bonds is 4. The third-order valence-corrected chi connectivity index (χ3v) is 11.8. The summed E-state index contributed by atoms with van der Waals surface area (Å²) < 4.78 is -2.91. The average molecular weight is 994 g/mol. The zero-order valence-electron chi connectivity index (χ0n) is 24.4. The zero-order valence-corrected chi connectivity index (χ0v) is 36.5. The second-order valence-electron chi connectivity index (χ2n) is 10.0. The van der Waals surface area contributed by atoms with Crippen LogP contribution in [0.4, 0.5) is 0 Å². The van der Waals surface area contributed by atoms with E-state index in [0.717, 1.165) is 22.3 Å². The normalized spacial score (nSPS) is 11.6. The molecule has 0 aliphatic carbocycles. The predicted molar refractivity (Wildman–Crippen MR) is 227 cm³/mol. The summed E-state index contributed by atoms with van der Waals surface area (Å²) in [6, 6.07) is 29.0. The smallest absolute Gasteiger partial charge is 0.0843 e. The van der Waals surface area contributed by atoms with Gasteiger partial charge in [0.05, 0.1) is 42.0 Å². The third-order valence-electron chi connectivity index (χ3n) is 6.62. The van der Waals surface area contributed by atoms with Crippen LogP contribution in [0.2, 0.25) is 50.2 Å². The summed E-state index contributed by atoms with van der Waals surface area (Å²) in [7, 11) is 0. The lowest BCUT2D eigenvalue weighted by Gasteiger charge is -2.25. The highest BCUT2D eigenvalue weighted by Gasteiger charge is 2.36. The van der Waals surface area contributed by atoms with Crippen LogP contribution in [0.25, 0.3) is 0 Å². The van der Waals surface area contributed by atoms with E-state index in [9.17, 15) is 0 Å². The van der Waals surface area contributed by atoms with Crippen LogP contribution in [0.3, 0.4) is 0 Å². The molecule has 0 amide bonds. The molecule has 0 unspecified atom stereocenters. The SMILES string of the molecule is Clc1c(Cl)c(Cl)c(Cl)c(Cl)c1Cl.Clc1ccc(C(c2ccc(Cl)cc2)C(Cl)(Cl)Cl)cc1.Clc1ccc(C(c2ccc(Cl)cc2)C(Cl)(Cl)Cl)cc1. The summed E-state index contributed by atoms with van der Waals surface area (Å²) in [5.74, 6) is -0.765. The van der Waals surface area contributed by atoms with Gasteiger partial charge in [-0.3, -0.25) is 0 Å². The van der Waals surface area contributed by atoms with Gasteiger partial charge < -0.3 is 0 Å². The van der Waals surface area contributed by atoms with Gasteiger partial charge in [-0.15, -0.1) is 0 Å². The van der Waals surface area contributed by atoms with Crippen molar-refractivity contribution < 1.29 is 0 Å². The third kappa shape index (κ3) is 12.9. The lowest BCUT2D eigenvalue weighted by atomic mass is 9.92. The predicted octanol–water partition coefficient (Wildman–Crippen LogP) is 18.6. The van der Waals surface area contributed by atoms with Crippen molar-refractivity contribution in [3.8, 4) is 0 Å². The molecule has 0 spiro atoms. The molecule has 0 aliphatic rings. The van der Waals surface area contributed by atoms with Crippen molar-refractivity contribution in [3.63, 3.8) is 0 Å². The molecule has 16 heteroatoms. The van der Waals surface area contributed by atoms with Crippen LogP contribution in [-0.4, -0.2) is 7.59 Å². The molecule has 5 aromatic carbocycles. The van der Waals surface area contributed by atoms with Gasteiger partial charge in [-0.2, -0.15) is 0 Å². The molecule has 266 valence electrons. The van der Waals surface area contributed by atoms with Crippen LogP contribution in [0.5, 0.6) is 0 Å². The number of hydrogen-bond acceptors (Lipinski definition) is 0. The van der Waals surface area contributed by atoms with Gasteiger partial charge in [0.2, 0.25) is 7.59 Å². The Morgan fingerprint density at radius 2 is 0.400 bits per heavy atom. The summed E-state index contributed by atoms with van der Waals surface area (Å²) in [6.45, 7) is 0. The molecule has 0 saturated heterocycles. The van der Waals surface area contributed by atoms with Crippen molar-refractivity contribution in [2.45, 2.75) is 19.4 Å². The van der Waals surface area contributed by atoms with Crippen molar-refractivity contribution in [1.29, 1.82) is 0 Å². The fourth-order valence-corrected chi connectivity index (χ4v) is 7.78. The molecular formula is C34H18Cl16. The van der Waals surface area contributed by atoms with Crippen LogP contribution < -0.4 is 0 Å². The molecule has 0 atom stereocenters. The highest BCUT2D eigenvalue weighted by Crippen LogP contribution is 2.48. The van der Waals surface area contributed by atoms with Gasteiger partial charge in [-0.05, 0) is 70.8 Å². The quantitative estimate of drug-likeness (QED) is 0.0956. The summed E-state index contributed by atoms with van der Waals surface area (Å²) >= 11 is 94.2. The molecule has 0 aliphatic heterocycles. The molecule has 0 fully saturated rings. The second kappa shape index (κ2) is 20.1. The molecule has 5 aromatic rings. The molecule has 5 rings (SSSR count). The number of alkyl halides is 6. The van der Waals surface area contributed by atoms with E-state index in [4.69, 9.17) is 186 Å². The Morgan fingerprint density at radius 3 is 0.520 bits per heavy atom. The first-order valence-electron chi connectivity index (χ1n) is 13.5. The maximum atomic E-state index is 6.11. The first kappa shape index (κ1) is 45.1. The number of benzene rings is 5. The van der Waals surface area contributed by atoms with Crippen LogP contribution in [0.1, 0.15) is 34.1 Å². The molecule has 0 N–H and O–H groups in total. The van der Waals surface area contributed by atoms with Crippen LogP contribution >= 0.6 is 186 Å². The second-order valence-corrected chi connectivity index (χ2v) is 18.8. The maximum Gasteiger partial charge on any atom is 0.201 e. The number of hydrogen-bond donors (Lipinski definition) is 0. The summed E-state index contributed by atoms with van der Waals surface area (Å²) in [5, 5.41) is 3.22. The van der Waals surface area contributed by atoms with Gasteiger partial charge in [-0.25, -0.2) is 0 Å². The van der Waals surface area contributed by atoms with Crippen LogP contribution in [0.15, 0.2) is 97.1 Å². The topological polar surface area (TPSA) is 0 Å². The van der Waals surface area contributed by atoms with E-state index in [1.165, 1.54) is 0 Å². The van der Waals surface area contributed by atoms with E-state index in [2.05, 4.69) is 0 Å². The summed E-state index contributed by atoms with van der Waals surface area (Å²) in [4.78, 5) is 0. The summed E-state index contributed by atoms with van der Waals surface area (Å²) in [5.41, 5.74) is 3.52. The first-order valence-corrected chi connectivity index (χ1v) is 19.6. The Balaban J connectivity index is 0.000000209. The van der Waals surface area contributed by atoms with Gasteiger partial charge in [0, 0.05) is 20.1 Å². The maximum absolute atomic E-state index is 6.11. The van der Waals surface area contributed by atoms with E-state index in [-0.39, 0.29) is 42.0 Å². The molecule has 0 saturated carbocycles. The Hall–Kier alpha value is 0.740. The van der Waals surface area contributed by atoms with E-state index in [1.807, 2.05) is 48.5 Å². The van der Waals surface area contributed by atoms with Crippen molar-refractivity contribution in [2.75, 3.05) is 0 Å². The molecule has 0 aromatic heterocycles. The highest BCUT2D eigenvalue weighted by atomic mass is 35.6. The fourth-order valence-electron chi connectivity index (χ4n) is 4.34. The number of halogens is 16. The van der Waals surface area contributed by atoms with Gasteiger partial charge in [-0.1, -0.05) is 234 Å².